The molecule has 0 fully saturated rings. The van der Waals surface area contributed by atoms with Crippen LogP contribution in [0.3, 0.4) is 0 Å². The number of fused-ring (bicyclic) bond motifs is 2. The van der Waals surface area contributed by atoms with Gasteiger partial charge in [-0.05, 0) is 25.1 Å². The summed E-state index contributed by atoms with van der Waals surface area (Å²) in [6.45, 7) is 2.18. The lowest BCUT2D eigenvalue weighted by Gasteiger charge is -2.25. The van der Waals surface area contributed by atoms with Gasteiger partial charge in [0.1, 0.15) is 5.82 Å². The van der Waals surface area contributed by atoms with Crippen molar-refractivity contribution in [3.8, 4) is 17.2 Å². The minimum Gasteiger partial charge on any atom is -0.454 e. The Bertz CT molecular complexity index is 1010. The molecule has 2 aliphatic heterocycles. The van der Waals surface area contributed by atoms with Gasteiger partial charge < -0.3 is 14.8 Å². The minimum atomic E-state index is -0.118. The van der Waals surface area contributed by atoms with Crippen molar-refractivity contribution < 1.29 is 14.3 Å². The van der Waals surface area contributed by atoms with Gasteiger partial charge in [-0.2, -0.15) is 5.10 Å². The second-order valence-corrected chi connectivity index (χ2v) is 6.48. The normalized spacial score (nSPS) is 17.7. The Kier molecular flexibility index (Phi) is 3.25. The molecule has 1 amide bonds. The zero-order valence-corrected chi connectivity index (χ0v) is 14.2. The van der Waals surface area contributed by atoms with Crippen molar-refractivity contribution in [1.82, 2.24) is 9.78 Å². The number of nitrogens with zero attached hydrogens (tertiary/aromatic N) is 2. The minimum absolute atomic E-state index is 0.0314. The summed E-state index contributed by atoms with van der Waals surface area (Å²) in [5.74, 6) is 2.03. The number of benzene rings is 2. The zero-order chi connectivity index (χ0) is 17.7. The van der Waals surface area contributed by atoms with Crippen molar-refractivity contribution in [2.24, 2.45) is 0 Å². The number of hydrogen-bond donors (Lipinski definition) is 1. The van der Waals surface area contributed by atoms with Gasteiger partial charge >= 0.3 is 0 Å². The highest BCUT2D eigenvalue weighted by atomic mass is 16.7. The van der Waals surface area contributed by atoms with E-state index >= 15 is 0 Å². The number of aryl methyl sites for hydroxylation is 1. The lowest BCUT2D eigenvalue weighted by Crippen LogP contribution is -2.25. The highest BCUT2D eigenvalue weighted by molar-refractivity contribution is 5.95. The van der Waals surface area contributed by atoms with Crippen LogP contribution < -0.4 is 14.8 Å². The van der Waals surface area contributed by atoms with E-state index in [1.165, 1.54) is 0 Å². The maximum Gasteiger partial charge on any atom is 0.231 e. The van der Waals surface area contributed by atoms with E-state index in [-0.39, 0.29) is 18.6 Å². The molecule has 1 atom stereocenters. The highest BCUT2D eigenvalue weighted by Gasteiger charge is 2.35. The number of carbonyl (C=O) groups excluding carboxylic acids is 1. The van der Waals surface area contributed by atoms with Crippen LogP contribution in [0.2, 0.25) is 0 Å². The number of aromatic nitrogens is 2. The molecule has 0 radical (unpaired) electrons. The van der Waals surface area contributed by atoms with Crippen LogP contribution in [0, 0.1) is 6.92 Å². The number of anilines is 1. The maximum atomic E-state index is 12.5. The van der Waals surface area contributed by atoms with E-state index in [0.29, 0.717) is 6.42 Å². The summed E-state index contributed by atoms with van der Waals surface area (Å²) in [4.78, 5) is 12.5. The fourth-order valence-electron chi connectivity index (χ4n) is 3.80. The molecular weight excluding hydrogens is 330 g/mol. The van der Waals surface area contributed by atoms with E-state index in [9.17, 15) is 4.79 Å². The predicted molar refractivity (Wildman–Crippen MR) is 96.0 cm³/mol. The average molecular weight is 347 g/mol. The summed E-state index contributed by atoms with van der Waals surface area (Å²) in [6, 6.07) is 15.6. The molecular formula is C20H17N3O3. The van der Waals surface area contributed by atoms with Crippen molar-refractivity contribution >= 4 is 11.7 Å². The Hall–Kier alpha value is -3.28. The van der Waals surface area contributed by atoms with E-state index in [1.807, 2.05) is 55.5 Å². The van der Waals surface area contributed by atoms with Gasteiger partial charge in [0.2, 0.25) is 12.7 Å². The quantitative estimate of drug-likeness (QED) is 0.772. The van der Waals surface area contributed by atoms with Crippen LogP contribution in [0.4, 0.5) is 5.82 Å². The van der Waals surface area contributed by atoms with Gasteiger partial charge in [-0.25, -0.2) is 4.68 Å². The molecule has 1 aromatic heterocycles. The van der Waals surface area contributed by atoms with Gasteiger partial charge in [0.15, 0.2) is 11.5 Å². The fourth-order valence-corrected chi connectivity index (χ4v) is 3.80. The Labute approximate surface area is 150 Å². The molecule has 0 spiro atoms. The molecule has 1 unspecified atom stereocenters. The predicted octanol–water partition coefficient (Wildman–Crippen LogP) is 3.38. The van der Waals surface area contributed by atoms with E-state index in [2.05, 4.69) is 5.32 Å². The van der Waals surface area contributed by atoms with Crippen molar-refractivity contribution in [1.29, 1.82) is 0 Å². The molecule has 0 aliphatic carbocycles. The third kappa shape index (κ3) is 2.19. The van der Waals surface area contributed by atoms with E-state index in [4.69, 9.17) is 14.6 Å². The Balaban J connectivity index is 1.70. The number of amides is 1. The molecule has 5 rings (SSSR count). The highest BCUT2D eigenvalue weighted by Crippen LogP contribution is 2.47. The van der Waals surface area contributed by atoms with Gasteiger partial charge in [0.05, 0.1) is 11.4 Å². The molecule has 0 saturated heterocycles. The summed E-state index contributed by atoms with van der Waals surface area (Å²) in [6.07, 6.45) is 0.355. The summed E-state index contributed by atoms with van der Waals surface area (Å²) < 4.78 is 13.0. The van der Waals surface area contributed by atoms with Crippen LogP contribution in [-0.2, 0) is 4.79 Å². The Morgan fingerprint density at radius 3 is 2.81 bits per heavy atom. The Morgan fingerprint density at radius 2 is 1.96 bits per heavy atom. The smallest absolute Gasteiger partial charge is 0.231 e. The number of ether oxygens (including phenoxy) is 2. The van der Waals surface area contributed by atoms with Gasteiger partial charge in [0, 0.05) is 23.5 Å². The first-order chi connectivity index (χ1) is 12.7. The van der Waals surface area contributed by atoms with Crippen LogP contribution in [0.1, 0.15) is 29.2 Å². The van der Waals surface area contributed by atoms with E-state index in [0.717, 1.165) is 39.8 Å². The van der Waals surface area contributed by atoms with Crippen LogP contribution >= 0.6 is 0 Å². The molecule has 26 heavy (non-hydrogen) atoms. The van der Waals surface area contributed by atoms with Crippen LogP contribution in [-0.4, -0.2) is 22.5 Å². The van der Waals surface area contributed by atoms with Crippen LogP contribution in [0.5, 0.6) is 11.5 Å². The summed E-state index contributed by atoms with van der Waals surface area (Å²) >= 11 is 0. The third-order valence-corrected chi connectivity index (χ3v) is 4.91. The SMILES string of the molecule is Cc1nn(-c2ccccc2)c2c1C(c1cccc3c1OCO3)CC(=O)N2. The second kappa shape index (κ2) is 5.62. The van der Waals surface area contributed by atoms with Crippen molar-refractivity contribution in [2.75, 3.05) is 12.1 Å². The third-order valence-electron chi connectivity index (χ3n) is 4.91. The Morgan fingerprint density at radius 1 is 1.12 bits per heavy atom. The molecule has 1 N–H and O–H groups in total. The standard InChI is InChI=1S/C20H17N3O3/c1-12-18-15(14-8-5-9-16-19(14)26-11-25-16)10-17(24)21-20(18)23(22-12)13-6-3-2-4-7-13/h2-9,15H,10-11H2,1H3,(H,21,24). The van der Waals surface area contributed by atoms with Crippen molar-refractivity contribution in [3.05, 3.63) is 65.4 Å². The first-order valence-corrected chi connectivity index (χ1v) is 8.55. The lowest BCUT2D eigenvalue weighted by molar-refractivity contribution is -0.116. The molecule has 6 heteroatoms. The van der Waals surface area contributed by atoms with Crippen molar-refractivity contribution in [2.45, 2.75) is 19.3 Å². The topological polar surface area (TPSA) is 65.4 Å². The number of rotatable bonds is 2. The van der Waals surface area contributed by atoms with E-state index < -0.39 is 0 Å². The number of para-hydroxylation sites is 2. The lowest BCUT2D eigenvalue weighted by atomic mass is 9.85. The summed E-state index contributed by atoms with van der Waals surface area (Å²) in [7, 11) is 0. The maximum absolute atomic E-state index is 12.5. The monoisotopic (exact) mass is 347 g/mol. The number of carbonyl (C=O) groups is 1. The van der Waals surface area contributed by atoms with Gasteiger partial charge in [0.25, 0.3) is 0 Å². The molecule has 2 aliphatic rings. The van der Waals surface area contributed by atoms with E-state index in [1.54, 1.807) is 4.68 Å². The fraction of sp³-hybridized carbons (Fsp3) is 0.200. The molecule has 130 valence electrons. The average Bonchev–Trinajstić information content (AvgIpc) is 3.26. The largest absolute Gasteiger partial charge is 0.454 e. The molecule has 2 aromatic carbocycles. The second-order valence-electron chi connectivity index (χ2n) is 6.48. The van der Waals surface area contributed by atoms with Gasteiger partial charge in [-0.3, -0.25) is 4.79 Å². The van der Waals surface area contributed by atoms with Gasteiger partial charge in [-0.15, -0.1) is 0 Å². The summed E-state index contributed by atoms with van der Waals surface area (Å²) in [5, 5.41) is 7.70. The van der Waals surface area contributed by atoms with Crippen LogP contribution in [0.15, 0.2) is 48.5 Å². The molecule has 3 heterocycles. The van der Waals surface area contributed by atoms with Gasteiger partial charge in [-0.1, -0.05) is 30.3 Å². The molecule has 6 nitrogen and oxygen atoms in total. The first kappa shape index (κ1) is 15.0. The molecule has 0 bridgehead atoms. The summed E-state index contributed by atoms with van der Waals surface area (Å²) in [5.41, 5.74) is 3.80. The molecule has 0 saturated carbocycles. The molecule has 3 aromatic rings. The number of nitrogens with one attached hydrogen (secondary N) is 1. The van der Waals surface area contributed by atoms with Crippen LogP contribution in [0.25, 0.3) is 5.69 Å². The zero-order valence-electron chi connectivity index (χ0n) is 14.2. The number of hydrogen-bond acceptors (Lipinski definition) is 4. The van der Waals surface area contributed by atoms with Crippen molar-refractivity contribution in [3.63, 3.8) is 0 Å². The first-order valence-electron chi connectivity index (χ1n) is 8.55.